The van der Waals surface area contributed by atoms with Gasteiger partial charge < -0.3 is 14.2 Å². The van der Waals surface area contributed by atoms with Crippen molar-refractivity contribution in [3.8, 4) is 0 Å². The number of methoxy groups -OCH3 is 1. The van der Waals surface area contributed by atoms with Gasteiger partial charge in [-0.3, -0.25) is 0 Å². The first-order chi connectivity index (χ1) is 8.52. The smallest absolute Gasteiger partial charge is 0.164 e. The molecule has 0 aromatic heterocycles. The van der Waals surface area contributed by atoms with Gasteiger partial charge in [0.05, 0.1) is 27.4 Å². The van der Waals surface area contributed by atoms with E-state index in [0.717, 1.165) is 13.0 Å². The van der Waals surface area contributed by atoms with E-state index in [-0.39, 0.29) is 12.4 Å². The third-order valence-corrected chi connectivity index (χ3v) is 5.36. The van der Waals surface area contributed by atoms with Crippen LogP contribution in [0.15, 0.2) is 0 Å². The summed E-state index contributed by atoms with van der Waals surface area (Å²) in [6, 6.07) is 0. The molecule has 1 aliphatic heterocycles. The zero-order valence-corrected chi connectivity index (χ0v) is 12.7. The van der Waals surface area contributed by atoms with Gasteiger partial charge in [-0.1, -0.05) is 19.6 Å². The summed E-state index contributed by atoms with van der Waals surface area (Å²) in [6.07, 6.45) is 7.30. The lowest BCUT2D eigenvalue weighted by Gasteiger charge is -2.38. The molecule has 2 rings (SSSR count). The molecule has 0 aromatic rings. The van der Waals surface area contributed by atoms with E-state index in [4.69, 9.17) is 14.2 Å². The van der Waals surface area contributed by atoms with Gasteiger partial charge >= 0.3 is 0 Å². The summed E-state index contributed by atoms with van der Waals surface area (Å²) in [4.78, 5) is 0. The Morgan fingerprint density at radius 2 is 2.11 bits per heavy atom. The first-order valence-electron chi connectivity index (χ1n) is 6.54. The summed E-state index contributed by atoms with van der Waals surface area (Å²) in [6.45, 7) is 8.43. The van der Waals surface area contributed by atoms with Crippen molar-refractivity contribution in [2.75, 3.05) is 20.3 Å². The van der Waals surface area contributed by atoms with E-state index in [2.05, 4.69) is 38.9 Å². The minimum Gasteiger partial charge on any atom is -0.382 e. The molecule has 0 N–H and O–H groups in total. The molecular weight excluding hydrogens is 244 g/mol. The molecule has 5 radical (unpaired) electrons. The van der Waals surface area contributed by atoms with Crippen molar-refractivity contribution >= 4 is 8.07 Å². The normalized spacial score (nSPS) is 32.0. The Morgan fingerprint density at radius 3 is 2.78 bits per heavy atom. The Kier molecular flexibility index (Phi) is 4.86. The first kappa shape index (κ1) is 14.5. The highest BCUT2D eigenvalue weighted by Crippen LogP contribution is 2.43. The largest absolute Gasteiger partial charge is 0.382 e. The van der Waals surface area contributed by atoms with E-state index in [1.807, 2.05) is 0 Å². The molecule has 18 heavy (non-hydrogen) atoms. The standard InChI is InChI=1S/C14H23O3Si/c1-15-10-11-8-9-16-14(17-11)12-6-5-7-13(12)18(2,3)4/h5-7,11,14H,8-10H2,1-4H3/t11-,14?/m0/s1. The van der Waals surface area contributed by atoms with E-state index in [9.17, 15) is 0 Å². The highest BCUT2D eigenvalue weighted by Gasteiger charge is 2.45. The summed E-state index contributed by atoms with van der Waals surface area (Å²) >= 11 is 0. The fraction of sp³-hybridized carbons (Fsp3) is 0.643. The van der Waals surface area contributed by atoms with Crippen LogP contribution in [-0.2, 0) is 14.2 Å². The summed E-state index contributed by atoms with van der Waals surface area (Å²) in [5, 5.41) is 0. The van der Waals surface area contributed by atoms with Crippen LogP contribution in [0.25, 0.3) is 0 Å². The molecule has 1 saturated carbocycles. The van der Waals surface area contributed by atoms with E-state index in [0.29, 0.717) is 6.61 Å². The Hall–Kier alpha value is 0.0969. The molecule has 0 bridgehead atoms. The number of hydrogen-bond acceptors (Lipinski definition) is 3. The number of rotatable bonds is 4. The van der Waals surface area contributed by atoms with Crippen LogP contribution < -0.4 is 0 Å². The van der Waals surface area contributed by atoms with Gasteiger partial charge in [0.2, 0.25) is 0 Å². The maximum absolute atomic E-state index is 5.98. The average molecular weight is 267 g/mol. The molecule has 1 aliphatic carbocycles. The fourth-order valence-corrected chi connectivity index (χ4v) is 4.05. The number of ether oxygens (including phenoxy) is 3. The first-order valence-corrected chi connectivity index (χ1v) is 10.0. The zero-order chi connectivity index (χ0) is 13.2. The van der Waals surface area contributed by atoms with Crippen LogP contribution in [0.5, 0.6) is 0 Å². The van der Waals surface area contributed by atoms with E-state index in [1.54, 1.807) is 7.11 Å². The van der Waals surface area contributed by atoms with Crippen LogP contribution in [0.3, 0.4) is 0 Å². The van der Waals surface area contributed by atoms with Crippen LogP contribution >= 0.6 is 0 Å². The maximum atomic E-state index is 5.98. The highest BCUT2D eigenvalue weighted by atomic mass is 28.3. The molecule has 0 aromatic carbocycles. The van der Waals surface area contributed by atoms with Gasteiger partial charge in [0, 0.05) is 13.0 Å². The quantitative estimate of drug-likeness (QED) is 0.732. The predicted molar refractivity (Wildman–Crippen MR) is 73.8 cm³/mol. The van der Waals surface area contributed by atoms with E-state index < -0.39 is 8.07 Å². The van der Waals surface area contributed by atoms with Gasteiger partial charge in [0.1, 0.15) is 0 Å². The second kappa shape index (κ2) is 6.03. The topological polar surface area (TPSA) is 27.7 Å². The van der Waals surface area contributed by atoms with Crippen molar-refractivity contribution in [1.29, 1.82) is 0 Å². The second-order valence-electron chi connectivity index (χ2n) is 5.85. The Bertz CT molecular complexity index is 262. The third-order valence-electron chi connectivity index (χ3n) is 3.29. The van der Waals surface area contributed by atoms with Crippen LogP contribution in [0.4, 0.5) is 0 Å². The van der Waals surface area contributed by atoms with E-state index in [1.165, 1.54) is 11.5 Å². The van der Waals surface area contributed by atoms with E-state index >= 15 is 0 Å². The summed E-state index contributed by atoms with van der Waals surface area (Å²) < 4.78 is 16.9. The molecule has 0 spiro atoms. The molecular formula is C14H23O3Si. The Balaban J connectivity index is 1.97. The molecule has 3 nitrogen and oxygen atoms in total. The zero-order valence-electron chi connectivity index (χ0n) is 11.7. The molecule has 1 heterocycles. The minimum absolute atomic E-state index is 0.151. The monoisotopic (exact) mass is 267 g/mol. The SMILES string of the molecule is COC[C@@H]1CCOC([C]2[CH][CH][CH][C]2[Si](C)(C)C)O1. The maximum Gasteiger partial charge on any atom is 0.164 e. The fourth-order valence-electron chi connectivity index (χ4n) is 2.38. The molecule has 0 amide bonds. The summed E-state index contributed by atoms with van der Waals surface area (Å²) in [5.74, 6) is 1.22. The van der Waals surface area contributed by atoms with Gasteiger partial charge in [-0.25, -0.2) is 0 Å². The van der Waals surface area contributed by atoms with Crippen LogP contribution in [0.1, 0.15) is 6.42 Å². The van der Waals surface area contributed by atoms with Crippen molar-refractivity contribution in [3.63, 3.8) is 0 Å². The molecule has 101 valence electrons. The van der Waals surface area contributed by atoms with Crippen LogP contribution in [-0.4, -0.2) is 40.8 Å². The number of hydrogen-bond donors (Lipinski definition) is 0. The van der Waals surface area contributed by atoms with Crippen molar-refractivity contribution < 1.29 is 14.2 Å². The van der Waals surface area contributed by atoms with Gasteiger partial charge in [-0.15, -0.1) is 0 Å². The van der Waals surface area contributed by atoms with Crippen LogP contribution in [0.2, 0.25) is 19.6 Å². The summed E-state index contributed by atoms with van der Waals surface area (Å²) in [5.41, 5.74) is 1.44. The highest BCUT2D eigenvalue weighted by molar-refractivity contribution is 6.82. The van der Waals surface area contributed by atoms with Gasteiger partial charge in [0.15, 0.2) is 6.29 Å². The van der Waals surface area contributed by atoms with Crippen molar-refractivity contribution in [3.05, 3.63) is 30.7 Å². The molecule has 4 heteroatoms. The molecule has 2 aliphatic rings. The Morgan fingerprint density at radius 1 is 1.33 bits per heavy atom. The molecule has 1 unspecified atom stereocenters. The lowest BCUT2D eigenvalue weighted by atomic mass is 10.1. The second-order valence-corrected chi connectivity index (χ2v) is 10.9. The third kappa shape index (κ3) is 3.35. The molecule has 1 saturated heterocycles. The van der Waals surface area contributed by atoms with Gasteiger partial charge in [0.25, 0.3) is 0 Å². The minimum atomic E-state index is -1.34. The van der Waals surface area contributed by atoms with Crippen LogP contribution in [0, 0.1) is 30.7 Å². The lowest BCUT2D eigenvalue weighted by Crippen LogP contribution is -2.43. The average Bonchev–Trinajstić information content (AvgIpc) is 2.78. The lowest BCUT2D eigenvalue weighted by molar-refractivity contribution is -0.209. The van der Waals surface area contributed by atoms with Crippen molar-refractivity contribution in [2.24, 2.45) is 0 Å². The Labute approximate surface area is 112 Å². The van der Waals surface area contributed by atoms with Crippen molar-refractivity contribution in [2.45, 2.75) is 38.5 Å². The molecule has 2 atom stereocenters. The van der Waals surface area contributed by atoms with Gasteiger partial charge in [-0.2, -0.15) is 0 Å². The van der Waals surface area contributed by atoms with Gasteiger partial charge in [-0.05, 0) is 31.2 Å². The molecule has 2 fully saturated rings. The van der Waals surface area contributed by atoms with Crippen molar-refractivity contribution in [1.82, 2.24) is 0 Å². The summed E-state index contributed by atoms with van der Waals surface area (Å²) in [7, 11) is 0.371. The predicted octanol–water partition coefficient (Wildman–Crippen LogP) is 2.42.